The zero-order valence-electron chi connectivity index (χ0n) is 18.9. The van der Waals surface area contributed by atoms with Crippen LogP contribution in [-0.2, 0) is 16.4 Å². The molecule has 1 saturated heterocycles. The molecule has 0 N–H and O–H groups in total. The minimum Gasteiger partial charge on any atom is -0.494 e. The summed E-state index contributed by atoms with van der Waals surface area (Å²) in [4.78, 5) is 15.1. The molecular weight excluding hydrogens is 430 g/mol. The van der Waals surface area contributed by atoms with Crippen LogP contribution in [0.25, 0.3) is 0 Å². The van der Waals surface area contributed by atoms with Crippen molar-refractivity contribution in [2.75, 3.05) is 32.3 Å². The molecule has 0 aliphatic carbocycles. The van der Waals surface area contributed by atoms with Gasteiger partial charge >= 0.3 is 0 Å². The third kappa shape index (κ3) is 5.94. The first-order chi connectivity index (χ1) is 15.4. The topological polar surface area (TPSA) is 82.1 Å². The fraction of sp³-hybridized carbons (Fsp3) is 0.458. The molecule has 1 atom stereocenters. The minimum absolute atomic E-state index is 0.0236. The van der Waals surface area contributed by atoms with E-state index in [1.807, 2.05) is 12.1 Å². The molecule has 32 heavy (non-hydrogen) atoms. The lowest BCUT2D eigenvalue weighted by Gasteiger charge is -2.29. The Balaban J connectivity index is 1.84. The van der Waals surface area contributed by atoms with Gasteiger partial charge in [0.15, 0.2) is 21.3 Å². The minimum atomic E-state index is -3.15. The van der Waals surface area contributed by atoms with Gasteiger partial charge in [0.1, 0.15) is 5.75 Å². The standard InChI is InChI=1S/C24H31NO6S/c1-4-5-13-31-21-9-7-19(8-10-21)24(26)25(20-12-14-32(27,28)17-20)16-18-6-11-22(29-2)23(15-18)30-3/h6-11,15,20H,4-5,12-14,16-17H2,1-3H3/t20-/m0/s1. The first kappa shape index (κ1) is 23.9. The molecular formula is C24H31NO6S. The molecule has 1 amide bonds. The van der Waals surface area contributed by atoms with Crippen molar-refractivity contribution >= 4 is 15.7 Å². The quantitative estimate of drug-likeness (QED) is 0.502. The highest BCUT2D eigenvalue weighted by atomic mass is 32.2. The summed E-state index contributed by atoms with van der Waals surface area (Å²) in [5.41, 5.74) is 1.33. The predicted molar refractivity (Wildman–Crippen MR) is 123 cm³/mol. The maximum Gasteiger partial charge on any atom is 0.254 e. The molecule has 1 fully saturated rings. The molecule has 1 aliphatic rings. The predicted octanol–water partition coefficient (Wildman–Crippen LogP) is 3.71. The van der Waals surface area contributed by atoms with Crippen molar-refractivity contribution in [1.29, 1.82) is 0 Å². The molecule has 0 bridgehead atoms. The van der Waals surface area contributed by atoms with Crippen molar-refractivity contribution in [1.82, 2.24) is 4.90 Å². The number of carbonyl (C=O) groups excluding carboxylic acids is 1. The van der Waals surface area contributed by atoms with Crippen LogP contribution >= 0.6 is 0 Å². The van der Waals surface area contributed by atoms with Gasteiger partial charge in [0.2, 0.25) is 0 Å². The Labute approximate surface area is 190 Å². The van der Waals surface area contributed by atoms with Crippen LogP contribution in [0.3, 0.4) is 0 Å². The van der Waals surface area contributed by atoms with Crippen LogP contribution in [-0.4, -0.2) is 57.6 Å². The number of nitrogens with zero attached hydrogens (tertiary/aromatic N) is 1. The van der Waals surface area contributed by atoms with Gasteiger partial charge in [-0.1, -0.05) is 19.4 Å². The number of carbonyl (C=O) groups is 1. The van der Waals surface area contributed by atoms with Gasteiger partial charge in [0, 0.05) is 18.2 Å². The monoisotopic (exact) mass is 461 g/mol. The molecule has 0 saturated carbocycles. The van der Waals surface area contributed by atoms with Crippen molar-refractivity contribution in [3.8, 4) is 17.2 Å². The lowest BCUT2D eigenvalue weighted by atomic mass is 10.1. The van der Waals surface area contributed by atoms with Crippen LogP contribution in [0, 0.1) is 0 Å². The first-order valence-electron chi connectivity index (χ1n) is 10.8. The van der Waals surface area contributed by atoms with Crippen molar-refractivity contribution in [2.45, 2.75) is 38.8 Å². The average Bonchev–Trinajstić information content (AvgIpc) is 3.16. The number of hydrogen-bond donors (Lipinski definition) is 0. The van der Waals surface area contributed by atoms with E-state index in [0.29, 0.717) is 35.8 Å². The Morgan fingerprint density at radius 1 is 1.06 bits per heavy atom. The Kier molecular flexibility index (Phi) is 8.01. The average molecular weight is 462 g/mol. The number of methoxy groups -OCH3 is 2. The van der Waals surface area contributed by atoms with Gasteiger partial charge in [0.25, 0.3) is 5.91 Å². The summed E-state index contributed by atoms with van der Waals surface area (Å²) >= 11 is 0. The summed E-state index contributed by atoms with van der Waals surface area (Å²) in [6.45, 7) is 3.00. The largest absolute Gasteiger partial charge is 0.494 e. The molecule has 0 unspecified atom stereocenters. The van der Waals surface area contributed by atoms with E-state index in [1.165, 1.54) is 0 Å². The molecule has 174 valence electrons. The van der Waals surface area contributed by atoms with E-state index in [-0.39, 0.29) is 30.0 Å². The summed E-state index contributed by atoms with van der Waals surface area (Å²) in [6.07, 6.45) is 2.45. The molecule has 1 heterocycles. The second-order valence-corrected chi connectivity index (χ2v) is 10.1. The molecule has 0 spiro atoms. The normalized spacial score (nSPS) is 17.0. The maximum atomic E-state index is 13.4. The zero-order chi connectivity index (χ0) is 23.1. The third-order valence-electron chi connectivity index (χ3n) is 5.58. The number of rotatable bonds is 10. The van der Waals surface area contributed by atoms with E-state index < -0.39 is 9.84 Å². The molecule has 7 nitrogen and oxygen atoms in total. The van der Waals surface area contributed by atoms with Gasteiger partial charge in [-0.2, -0.15) is 0 Å². The van der Waals surface area contributed by atoms with E-state index in [2.05, 4.69) is 6.92 Å². The highest BCUT2D eigenvalue weighted by Crippen LogP contribution is 2.30. The Bertz CT molecular complexity index is 1020. The molecule has 0 radical (unpaired) electrons. The summed E-state index contributed by atoms with van der Waals surface area (Å²) < 4.78 is 40.6. The number of ether oxygens (including phenoxy) is 3. The van der Waals surface area contributed by atoms with Crippen LogP contribution in [0.5, 0.6) is 17.2 Å². The van der Waals surface area contributed by atoms with Gasteiger partial charge in [-0.15, -0.1) is 0 Å². The number of benzene rings is 2. The zero-order valence-corrected chi connectivity index (χ0v) is 19.7. The number of sulfone groups is 1. The summed E-state index contributed by atoms with van der Waals surface area (Å²) in [7, 11) is -0.0344. The van der Waals surface area contributed by atoms with Crippen molar-refractivity contribution < 1.29 is 27.4 Å². The first-order valence-corrected chi connectivity index (χ1v) is 12.6. The molecule has 3 rings (SSSR count). The van der Waals surface area contributed by atoms with E-state index >= 15 is 0 Å². The number of hydrogen-bond acceptors (Lipinski definition) is 6. The van der Waals surface area contributed by atoms with Gasteiger partial charge in [-0.25, -0.2) is 8.42 Å². The van der Waals surface area contributed by atoms with Gasteiger partial charge < -0.3 is 19.1 Å². The van der Waals surface area contributed by atoms with Gasteiger partial charge in [-0.3, -0.25) is 4.79 Å². The lowest BCUT2D eigenvalue weighted by molar-refractivity contribution is 0.0680. The van der Waals surface area contributed by atoms with E-state index in [0.717, 1.165) is 18.4 Å². The Morgan fingerprint density at radius 2 is 1.78 bits per heavy atom. The number of amides is 1. The van der Waals surface area contributed by atoms with E-state index in [1.54, 1.807) is 49.5 Å². The van der Waals surface area contributed by atoms with Crippen LogP contribution in [0.1, 0.15) is 42.1 Å². The highest BCUT2D eigenvalue weighted by Gasteiger charge is 2.35. The smallest absolute Gasteiger partial charge is 0.254 e. The molecule has 2 aromatic carbocycles. The van der Waals surface area contributed by atoms with Crippen LogP contribution in [0.15, 0.2) is 42.5 Å². The molecule has 0 aromatic heterocycles. The fourth-order valence-corrected chi connectivity index (χ4v) is 5.49. The van der Waals surface area contributed by atoms with Crippen molar-refractivity contribution in [3.05, 3.63) is 53.6 Å². The van der Waals surface area contributed by atoms with Gasteiger partial charge in [-0.05, 0) is 54.8 Å². The highest BCUT2D eigenvalue weighted by molar-refractivity contribution is 7.91. The van der Waals surface area contributed by atoms with Crippen LogP contribution < -0.4 is 14.2 Å². The van der Waals surface area contributed by atoms with E-state index in [9.17, 15) is 13.2 Å². The van der Waals surface area contributed by atoms with Crippen LogP contribution in [0.4, 0.5) is 0 Å². The summed E-state index contributed by atoms with van der Waals surface area (Å²) in [5.74, 6) is 1.73. The fourth-order valence-electron chi connectivity index (χ4n) is 3.76. The van der Waals surface area contributed by atoms with E-state index in [4.69, 9.17) is 14.2 Å². The second kappa shape index (κ2) is 10.7. The Hall–Kier alpha value is -2.74. The number of unbranched alkanes of at least 4 members (excludes halogenated alkanes) is 1. The van der Waals surface area contributed by atoms with Crippen molar-refractivity contribution in [2.24, 2.45) is 0 Å². The third-order valence-corrected chi connectivity index (χ3v) is 7.33. The SMILES string of the molecule is CCCCOc1ccc(C(=O)N(Cc2ccc(OC)c(OC)c2)[C@H]2CCS(=O)(=O)C2)cc1. The van der Waals surface area contributed by atoms with Crippen molar-refractivity contribution in [3.63, 3.8) is 0 Å². The lowest BCUT2D eigenvalue weighted by Crippen LogP contribution is -2.40. The molecule has 8 heteroatoms. The summed E-state index contributed by atoms with van der Waals surface area (Å²) in [5, 5.41) is 0. The second-order valence-electron chi connectivity index (χ2n) is 7.91. The molecule has 2 aromatic rings. The van der Waals surface area contributed by atoms with Gasteiger partial charge in [0.05, 0.1) is 32.3 Å². The Morgan fingerprint density at radius 3 is 2.38 bits per heavy atom. The molecule has 1 aliphatic heterocycles. The maximum absolute atomic E-state index is 13.4. The summed E-state index contributed by atoms with van der Waals surface area (Å²) in [6, 6.07) is 12.1. The van der Waals surface area contributed by atoms with Crippen LogP contribution in [0.2, 0.25) is 0 Å².